The number of amides is 1. The van der Waals surface area contributed by atoms with Crippen molar-refractivity contribution < 1.29 is 67.4 Å². The summed E-state index contributed by atoms with van der Waals surface area (Å²) in [5.74, 6) is -4.43. The van der Waals surface area contributed by atoms with E-state index in [1.807, 2.05) is 0 Å². The minimum Gasteiger partial charge on any atom is -0.467 e. The first-order valence-electron chi connectivity index (χ1n) is 12.4. The van der Waals surface area contributed by atoms with E-state index in [9.17, 15) is 34.1 Å². The second-order valence-corrected chi connectivity index (χ2v) is 8.68. The van der Waals surface area contributed by atoms with Gasteiger partial charge in [-0.2, -0.15) is 0 Å². The molecule has 2 rings (SSSR count). The third-order valence-corrected chi connectivity index (χ3v) is 5.29. The SMILES string of the molecule is COC(=O)[C@H]1O[C@@H](Oc2ccc(CO)cc2C(=O)NCCONB(C)O)[C@H](OC(C)=O)[C@@H](OC(C)=O)[C@@H]1OC(C)=O. The molecule has 1 aliphatic heterocycles. The Hall–Kier alpha value is -3.77. The van der Waals surface area contributed by atoms with Gasteiger partial charge < -0.3 is 48.7 Å². The largest absolute Gasteiger partial charge is 0.467 e. The molecule has 0 bridgehead atoms. The number of ether oxygens (including phenoxy) is 6. The molecule has 1 saturated heterocycles. The molecule has 226 valence electrons. The lowest BCUT2D eigenvalue weighted by Gasteiger charge is -2.43. The molecule has 1 heterocycles. The summed E-state index contributed by atoms with van der Waals surface area (Å²) in [6, 6.07) is 4.09. The van der Waals surface area contributed by atoms with Crippen molar-refractivity contribution in [1.82, 2.24) is 10.7 Å². The Labute approximate surface area is 235 Å². The summed E-state index contributed by atoms with van der Waals surface area (Å²) in [7, 11) is 0.111. The summed E-state index contributed by atoms with van der Waals surface area (Å²) < 4.78 is 32.2. The molecule has 16 nitrogen and oxygen atoms in total. The standard InChI is InChI=1S/C24H33BN2O14/c1-12(29)37-18-19(38-13(2)30)21(39-14(3)31)24(41-20(18)23(33)35-5)40-17-7-6-15(11-28)10-16(17)22(32)26-8-9-36-27-25(4)34/h6-7,10,18-21,24,27-28,34H,8-9,11H2,1-5H3,(H,26,32)/t18-,19-,20-,21+,24+/m0/s1. The highest BCUT2D eigenvalue weighted by Gasteiger charge is 2.56. The van der Waals surface area contributed by atoms with Gasteiger partial charge in [-0.25, -0.2) is 10.2 Å². The number of methoxy groups -OCH3 is 1. The van der Waals surface area contributed by atoms with E-state index < -0.39 is 74.1 Å². The molecule has 0 aromatic heterocycles. The monoisotopic (exact) mass is 584 g/mol. The Bertz CT molecular complexity index is 1100. The first kappa shape index (κ1) is 33.4. The third kappa shape index (κ3) is 9.98. The van der Waals surface area contributed by atoms with E-state index >= 15 is 0 Å². The minimum atomic E-state index is -1.70. The number of aliphatic hydroxyl groups excluding tert-OH is 1. The van der Waals surface area contributed by atoms with Gasteiger partial charge in [0.15, 0.2) is 18.3 Å². The van der Waals surface area contributed by atoms with Crippen molar-refractivity contribution in [1.29, 1.82) is 0 Å². The lowest BCUT2D eigenvalue weighted by Crippen LogP contribution is -2.64. The molecule has 1 fully saturated rings. The van der Waals surface area contributed by atoms with Crippen LogP contribution in [0.25, 0.3) is 0 Å². The van der Waals surface area contributed by atoms with Gasteiger partial charge in [-0.05, 0) is 24.5 Å². The minimum absolute atomic E-state index is 0.000350. The van der Waals surface area contributed by atoms with Crippen LogP contribution in [0.15, 0.2) is 18.2 Å². The Morgan fingerprint density at radius 2 is 1.59 bits per heavy atom. The van der Waals surface area contributed by atoms with Gasteiger partial charge in [0.05, 0.1) is 25.9 Å². The van der Waals surface area contributed by atoms with Crippen LogP contribution in [0.2, 0.25) is 6.82 Å². The molecule has 1 aromatic rings. The Kier molecular flexibility index (Phi) is 12.9. The van der Waals surface area contributed by atoms with Crippen molar-refractivity contribution in [3.63, 3.8) is 0 Å². The molecule has 41 heavy (non-hydrogen) atoms. The summed E-state index contributed by atoms with van der Waals surface area (Å²) in [5.41, 5.74) is 0.252. The van der Waals surface area contributed by atoms with Crippen LogP contribution in [0.4, 0.5) is 0 Å². The predicted molar refractivity (Wildman–Crippen MR) is 136 cm³/mol. The maximum absolute atomic E-state index is 13.0. The first-order valence-corrected chi connectivity index (χ1v) is 12.4. The highest BCUT2D eigenvalue weighted by atomic mass is 16.7. The average molecular weight is 584 g/mol. The van der Waals surface area contributed by atoms with Crippen molar-refractivity contribution in [2.75, 3.05) is 20.3 Å². The molecular weight excluding hydrogens is 551 g/mol. The van der Waals surface area contributed by atoms with Gasteiger partial charge in [0.1, 0.15) is 5.75 Å². The van der Waals surface area contributed by atoms with Crippen molar-refractivity contribution in [2.24, 2.45) is 0 Å². The highest BCUT2D eigenvalue weighted by molar-refractivity contribution is 6.44. The quantitative estimate of drug-likeness (QED) is 0.0691. The van der Waals surface area contributed by atoms with Gasteiger partial charge in [-0.15, -0.1) is 0 Å². The van der Waals surface area contributed by atoms with E-state index in [0.29, 0.717) is 5.56 Å². The Morgan fingerprint density at radius 1 is 0.976 bits per heavy atom. The number of esters is 4. The van der Waals surface area contributed by atoms with Gasteiger partial charge in [-0.3, -0.25) is 19.2 Å². The fraction of sp³-hybridized carbons (Fsp3) is 0.542. The number of carbonyl (C=O) groups excluding carboxylic acids is 5. The van der Waals surface area contributed by atoms with E-state index in [1.54, 1.807) is 0 Å². The van der Waals surface area contributed by atoms with Crippen LogP contribution in [-0.4, -0.2) is 97.9 Å². The summed E-state index contributed by atoms with van der Waals surface area (Å²) in [4.78, 5) is 66.4. The van der Waals surface area contributed by atoms with Gasteiger partial charge in [0.25, 0.3) is 5.91 Å². The van der Waals surface area contributed by atoms with Crippen molar-refractivity contribution in [2.45, 2.75) is 64.9 Å². The molecule has 4 N–H and O–H groups in total. The van der Waals surface area contributed by atoms with Crippen LogP contribution in [-0.2, 0) is 54.3 Å². The molecule has 0 spiro atoms. The molecule has 0 radical (unpaired) electrons. The van der Waals surface area contributed by atoms with Crippen LogP contribution in [0.3, 0.4) is 0 Å². The van der Waals surface area contributed by atoms with Crippen LogP contribution in [0, 0.1) is 0 Å². The summed E-state index contributed by atoms with van der Waals surface area (Å²) in [6.07, 6.45) is -8.16. The zero-order valence-corrected chi connectivity index (χ0v) is 23.1. The number of hydrogen-bond acceptors (Lipinski definition) is 15. The smallest absolute Gasteiger partial charge is 0.398 e. The first-order chi connectivity index (χ1) is 19.4. The lowest BCUT2D eigenvalue weighted by atomic mass is 9.92. The van der Waals surface area contributed by atoms with Gasteiger partial charge >= 0.3 is 30.9 Å². The number of benzene rings is 1. The van der Waals surface area contributed by atoms with Crippen molar-refractivity contribution >= 4 is 36.8 Å². The van der Waals surface area contributed by atoms with E-state index in [2.05, 4.69) is 10.7 Å². The molecule has 1 aliphatic rings. The maximum Gasteiger partial charge on any atom is 0.398 e. The maximum atomic E-state index is 13.0. The second kappa shape index (κ2) is 15.9. The van der Waals surface area contributed by atoms with Gasteiger partial charge in [0, 0.05) is 27.3 Å². The van der Waals surface area contributed by atoms with Gasteiger partial charge in [0.2, 0.25) is 12.4 Å². The lowest BCUT2D eigenvalue weighted by molar-refractivity contribution is -0.282. The van der Waals surface area contributed by atoms with E-state index in [1.165, 1.54) is 25.0 Å². The van der Waals surface area contributed by atoms with E-state index in [4.69, 9.17) is 33.3 Å². The summed E-state index contributed by atoms with van der Waals surface area (Å²) >= 11 is 0. The molecule has 1 aromatic carbocycles. The van der Waals surface area contributed by atoms with Crippen molar-refractivity contribution in [3.05, 3.63) is 29.3 Å². The van der Waals surface area contributed by atoms with Crippen molar-refractivity contribution in [3.8, 4) is 5.75 Å². The van der Waals surface area contributed by atoms with E-state index in [-0.39, 0.29) is 24.5 Å². The number of hydrogen-bond donors (Lipinski definition) is 4. The molecular formula is C24H33BN2O14. The average Bonchev–Trinajstić information content (AvgIpc) is 2.90. The van der Waals surface area contributed by atoms with Gasteiger partial charge in [-0.1, -0.05) is 6.07 Å². The molecule has 0 saturated carbocycles. The number of aliphatic hydroxyl groups is 1. The van der Waals surface area contributed by atoms with Crippen LogP contribution in [0.5, 0.6) is 5.75 Å². The number of carbonyl (C=O) groups is 5. The number of rotatable bonds is 13. The Balaban J connectivity index is 2.47. The zero-order valence-electron chi connectivity index (χ0n) is 23.1. The molecule has 5 atom stereocenters. The summed E-state index contributed by atoms with van der Waals surface area (Å²) in [5, 5.41) is 23.6. The molecule has 0 unspecified atom stereocenters. The normalized spacial score (nSPS) is 21.7. The summed E-state index contributed by atoms with van der Waals surface area (Å²) in [6.45, 7) is 4.14. The Morgan fingerprint density at radius 3 is 2.15 bits per heavy atom. The number of nitrogens with one attached hydrogen (secondary N) is 2. The molecule has 0 aliphatic carbocycles. The molecule has 1 amide bonds. The topological polar surface area (TPSA) is 214 Å². The second-order valence-electron chi connectivity index (χ2n) is 8.68. The zero-order chi connectivity index (χ0) is 30.7. The fourth-order valence-corrected chi connectivity index (χ4v) is 3.75. The van der Waals surface area contributed by atoms with Crippen LogP contribution >= 0.6 is 0 Å². The predicted octanol–water partition coefficient (Wildman–Crippen LogP) is -1.39. The van der Waals surface area contributed by atoms with E-state index in [0.717, 1.165) is 27.9 Å². The third-order valence-electron chi connectivity index (χ3n) is 5.29. The molecule has 17 heteroatoms. The van der Waals surface area contributed by atoms with Crippen LogP contribution in [0.1, 0.15) is 36.7 Å². The van der Waals surface area contributed by atoms with Crippen LogP contribution < -0.4 is 15.4 Å². The fourth-order valence-electron chi connectivity index (χ4n) is 3.75. The highest BCUT2D eigenvalue weighted by Crippen LogP contribution is 2.32.